The summed E-state index contributed by atoms with van der Waals surface area (Å²) >= 11 is 0. The quantitative estimate of drug-likeness (QED) is 0.632. The predicted molar refractivity (Wildman–Crippen MR) is 62.4 cm³/mol. The monoisotopic (exact) mass is 201 g/mol. The normalized spacial score (nSPS) is 15.9. The van der Waals surface area contributed by atoms with Gasteiger partial charge in [0, 0.05) is 6.54 Å². The van der Waals surface area contributed by atoms with E-state index in [0.29, 0.717) is 5.92 Å². The van der Waals surface area contributed by atoms with Crippen LogP contribution < -0.4 is 5.32 Å². The van der Waals surface area contributed by atoms with E-state index in [0.717, 1.165) is 25.4 Å². The molecule has 0 rings (SSSR count). The van der Waals surface area contributed by atoms with Crippen LogP contribution in [-0.2, 0) is 0 Å². The molecule has 0 fully saturated rings. The Morgan fingerprint density at radius 3 is 2.29 bits per heavy atom. The maximum Gasteiger partial charge on any atom is 0.0667 e. The highest BCUT2D eigenvalue weighted by molar-refractivity contribution is 4.63. The number of aliphatic hydroxyl groups is 1. The Hall–Kier alpha value is -0.0800. The van der Waals surface area contributed by atoms with Crippen molar-refractivity contribution in [1.29, 1.82) is 0 Å². The van der Waals surface area contributed by atoms with Crippen LogP contribution in [0.5, 0.6) is 0 Å². The summed E-state index contributed by atoms with van der Waals surface area (Å²) in [6.45, 7) is 10.5. The maximum atomic E-state index is 9.60. The highest BCUT2D eigenvalue weighted by atomic mass is 16.3. The van der Waals surface area contributed by atoms with Gasteiger partial charge in [0.15, 0.2) is 0 Å². The number of rotatable bonds is 8. The molecule has 2 unspecified atom stereocenters. The van der Waals surface area contributed by atoms with E-state index in [1.54, 1.807) is 0 Å². The van der Waals surface area contributed by atoms with Gasteiger partial charge in [-0.05, 0) is 31.2 Å². The number of nitrogens with one attached hydrogen (secondary N) is 1. The molecule has 0 aromatic rings. The van der Waals surface area contributed by atoms with Crippen molar-refractivity contribution >= 4 is 0 Å². The minimum Gasteiger partial charge on any atom is -0.392 e. The summed E-state index contributed by atoms with van der Waals surface area (Å²) in [5.74, 6) is 1.31. The van der Waals surface area contributed by atoms with Gasteiger partial charge in [0.05, 0.1) is 6.10 Å². The van der Waals surface area contributed by atoms with Crippen LogP contribution in [0.4, 0.5) is 0 Å². The third-order valence-corrected chi connectivity index (χ3v) is 2.40. The van der Waals surface area contributed by atoms with Crippen molar-refractivity contribution in [2.75, 3.05) is 13.1 Å². The fraction of sp³-hybridized carbons (Fsp3) is 1.00. The first-order valence-corrected chi connectivity index (χ1v) is 5.95. The van der Waals surface area contributed by atoms with Gasteiger partial charge in [-0.2, -0.15) is 0 Å². The van der Waals surface area contributed by atoms with E-state index in [2.05, 4.69) is 33.0 Å². The largest absolute Gasteiger partial charge is 0.392 e. The highest BCUT2D eigenvalue weighted by Crippen LogP contribution is 2.05. The average molecular weight is 201 g/mol. The van der Waals surface area contributed by atoms with Crippen LogP contribution in [-0.4, -0.2) is 24.3 Å². The SMILES string of the molecule is CCCC(C)CNCC(O)CC(C)C. The molecule has 0 spiro atoms. The van der Waals surface area contributed by atoms with Gasteiger partial charge in [0.2, 0.25) is 0 Å². The number of hydrogen-bond donors (Lipinski definition) is 2. The van der Waals surface area contributed by atoms with Gasteiger partial charge in [-0.3, -0.25) is 0 Å². The molecule has 2 nitrogen and oxygen atoms in total. The van der Waals surface area contributed by atoms with Crippen LogP contribution >= 0.6 is 0 Å². The smallest absolute Gasteiger partial charge is 0.0667 e. The first-order chi connectivity index (χ1) is 6.56. The van der Waals surface area contributed by atoms with Gasteiger partial charge in [-0.15, -0.1) is 0 Å². The Morgan fingerprint density at radius 2 is 1.79 bits per heavy atom. The molecule has 0 aliphatic heterocycles. The van der Waals surface area contributed by atoms with Crippen molar-refractivity contribution in [2.24, 2.45) is 11.8 Å². The van der Waals surface area contributed by atoms with Crippen LogP contribution in [0, 0.1) is 11.8 Å². The van der Waals surface area contributed by atoms with Crippen molar-refractivity contribution in [3.63, 3.8) is 0 Å². The number of hydrogen-bond acceptors (Lipinski definition) is 2. The summed E-state index contributed by atoms with van der Waals surface area (Å²) in [4.78, 5) is 0. The number of aliphatic hydroxyl groups excluding tert-OH is 1. The fourth-order valence-corrected chi connectivity index (χ4v) is 1.72. The molecule has 2 N–H and O–H groups in total. The molecular formula is C12H27NO. The fourth-order valence-electron chi connectivity index (χ4n) is 1.72. The molecule has 2 heteroatoms. The molecule has 0 aromatic carbocycles. The zero-order chi connectivity index (χ0) is 11.0. The van der Waals surface area contributed by atoms with Crippen LogP contribution in [0.3, 0.4) is 0 Å². The molecule has 2 atom stereocenters. The molecule has 0 heterocycles. The minimum absolute atomic E-state index is 0.177. The van der Waals surface area contributed by atoms with Gasteiger partial charge in [-0.25, -0.2) is 0 Å². The van der Waals surface area contributed by atoms with E-state index in [9.17, 15) is 5.11 Å². The molecule has 0 radical (unpaired) electrons. The summed E-state index contributed by atoms with van der Waals surface area (Å²) in [6, 6.07) is 0. The first kappa shape index (κ1) is 13.9. The molecule has 0 aliphatic carbocycles. The minimum atomic E-state index is -0.177. The maximum absolute atomic E-state index is 9.60. The van der Waals surface area contributed by atoms with Crippen LogP contribution in [0.25, 0.3) is 0 Å². The van der Waals surface area contributed by atoms with Crippen molar-refractivity contribution in [3.8, 4) is 0 Å². The van der Waals surface area contributed by atoms with Gasteiger partial charge >= 0.3 is 0 Å². The van der Waals surface area contributed by atoms with E-state index in [4.69, 9.17) is 0 Å². The molecule has 0 saturated heterocycles. The van der Waals surface area contributed by atoms with E-state index in [1.807, 2.05) is 0 Å². The summed E-state index contributed by atoms with van der Waals surface area (Å²) in [5, 5.41) is 12.9. The van der Waals surface area contributed by atoms with Gasteiger partial charge in [0.25, 0.3) is 0 Å². The van der Waals surface area contributed by atoms with E-state index in [1.165, 1.54) is 12.8 Å². The third-order valence-electron chi connectivity index (χ3n) is 2.40. The van der Waals surface area contributed by atoms with Crippen molar-refractivity contribution in [3.05, 3.63) is 0 Å². The summed E-state index contributed by atoms with van der Waals surface area (Å²) < 4.78 is 0. The topological polar surface area (TPSA) is 32.3 Å². The lowest BCUT2D eigenvalue weighted by atomic mass is 10.0. The molecular weight excluding hydrogens is 174 g/mol. The Labute approximate surface area is 89.1 Å². The summed E-state index contributed by atoms with van der Waals surface area (Å²) in [6.07, 6.45) is 3.24. The van der Waals surface area contributed by atoms with E-state index in [-0.39, 0.29) is 6.10 Å². The van der Waals surface area contributed by atoms with Gasteiger partial charge in [0.1, 0.15) is 0 Å². The molecule has 14 heavy (non-hydrogen) atoms. The zero-order valence-corrected chi connectivity index (χ0v) is 10.2. The summed E-state index contributed by atoms with van der Waals surface area (Å²) in [5.41, 5.74) is 0. The highest BCUT2D eigenvalue weighted by Gasteiger charge is 2.07. The Morgan fingerprint density at radius 1 is 1.14 bits per heavy atom. The van der Waals surface area contributed by atoms with Crippen molar-refractivity contribution in [1.82, 2.24) is 5.32 Å². The van der Waals surface area contributed by atoms with Gasteiger partial charge < -0.3 is 10.4 Å². The lowest BCUT2D eigenvalue weighted by Crippen LogP contribution is -2.31. The molecule has 0 amide bonds. The second-order valence-corrected chi connectivity index (χ2v) is 4.84. The summed E-state index contributed by atoms with van der Waals surface area (Å²) in [7, 11) is 0. The average Bonchev–Trinajstić information content (AvgIpc) is 2.02. The predicted octanol–water partition coefficient (Wildman–Crippen LogP) is 2.42. The first-order valence-electron chi connectivity index (χ1n) is 5.95. The van der Waals surface area contributed by atoms with E-state index < -0.39 is 0 Å². The van der Waals surface area contributed by atoms with Crippen LogP contribution in [0.15, 0.2) is 0 Å². The van der Waals surface area contributed by atoms with Crippen molar-refractivity contribution < 1.29 is 5.11 Å². The van der Waals surface area contributed by atoms with Crippen LogP contribution in [0.1, 0.15) is 47.0 Å². The Bertz CT molecular complexity index is 125. The third kappa shape index (κ3) is 8.52. The van der Waals surface area contributed by atoms with Crippen LogP contribution in [0.2, 0.25) is 0 Å². The lowest BCUT2D eigenvalue weighted by Gasteiger charge is -2.16. The second kappa shape index (κ2) is 8.25. The molecule has 0 aliphatic rings. The standard InChI is InChI=1S/C12H27NO/c1-5-6-11(4)8-13-9-12(14)7-10(2)3/h10-14H,5-9H2,1-4H3. The second-order valence-electron chi connectivity index (χ2n) is 4.84. The molecule has 86 valence electrons. The van der Waals surface area contributed by atoms with Crippen molar-refractivity contribution in [2.45, 2.75) is 53.1 Å². The Kier molecular flexibility index (Phi) is 8.20. The molecule has 0 saturated carbocycles. The molecule has 0 bridgehead atoms. The van der Waals surface area contributed by atoms with E-state index >= 15 is 0 Å². The molecule has 0 aromatic heterocycles. The van der Waals surface area contributed by atoms with Gasteiger partial charge in [-0.1, -0.05) is 34.1 Å². The Balaban J connectivity index is 3.34. The lowest BCUT2D eigenvalue weighted by molar-refractivity contribution is 0.145. The zero-order valence-electron chi connectivity index (χ0n) is 10.2.